The van der Waals surface area contributed by atoms with Crippen LogP contribution in [-0.2, 0) is 28.6 Å². The summed E-state index contributed by atoms with van der Waals surface area (Å²) in [4.78, 5) is 38.1. The highest BCUT2D eigenvalue weighted by Crippen LogP contribution is 2.14. The molecule has 0 rings (SSSR count). The number of rotatable bonds is 50. The molecule has 0 aliphatic rings. The molecule has 0 heterocycles. The van der Waals surface area contributed by atoms with Gasteiger partial charge in [-0.2, -0.15) is 0 Å². The van der Waals surface area contributed by atoms with Crippen molar-refractivity contribution in [2.45, 2.75) is 284 Å². The molecule has 6 heteroatoms. The fourth-order valence-electron chi connectivity index (χ4n) is 7.74. The SMILES string of the molecule is CCCCCC/C=C\CCCCCCCCCC(=O)OCC(COC(=O)CCCCCCCCC/C=C\CCCCCC)OC(=O)CCC/C=C\C/C=C\C/C=C\CCCCCCCC. The third kappa shape index (κ3) is 51.9. The lowest BCUT2D eigenvalue weighted by Crippen LogP contribution is -2.30. The van der Waals surface area contributed by atoms with Crippen molar-refractivity contribution in [1.82, 2.24) is 0 Å². The molecule has 0 aromatic rings. The Balaban J connectivity index is 4.46. The van der Waals surface area contributed by atoms with Crippen LogP contribution < -0.4 is 0 Å². The van der Waals surface area contributed by atoms with E-state index in [0.29, 0.717) is 19.3 Å². The quantitative estimate of drug-likeness (QED) is 0.0262. The van der Waals surface area contributed by atoms with Gasteiger partial charge >= 0.3 is 17.9 Å². The van der Waals surface area contributed by atoms with E-state index in [1.54, 1.807) is 0 Å². The van der Waals surface area contributed by atoms with Crippen molar-refractivity contribution in [2.75, 3.05) is 13.2 Å². The topological polar surface area (TPSA) is 78.9 Å². The molecule has 0 fully saturated rings. The predicted octanol–water partition coefficient (Wildman–Crippen LogP) is 18.4. The van der Waals surface area contributed by atoms with Crippen LogP contribution in [0.5, 0.6) is 0 Å². The smallest absolute Gasteiger partial charge is 0.306 e. The summed E-state index contributed by atoms with van der Waals surface area (Å²) in [6.07, 6.45) is 66.4. The van der Waals surface area contributed by atoms with Gasteiger partial charge in [-0.3, -0.25) is 14.4 Å². The first kappa shape index (κ1) is 62.1. The van der Waals surface area contributed by atoms with Crippen LogP contribution in [0, 0.1) is 0 Å². The maximum Gasteiger partial charge on any atom is 0.306 e. The van der Waals surface area contributed by atoms with Gasteiger partial charge in [0.05, 0.1) is 0 Å². The minimum Gasteiger partial charge on any atom is -0.462 e. The monoisotopic (exact) mass is 909 g/mol. The Morgan fingerprint density at radius 3 is 0.938 bits per heavy atom. The minimum absolute atomic E-state index is 0.0970. The van der Waals surface area contributed by atoms with E-state index < -0.39 is 6.10 Å². The van der Waals surface area contributed by atoms with E-state index in [2.05, 4.69) is 81.5 Å². The normalized spacial score (nSPS) is 12.1. The first-order valence-corrected chi connectivity index (χ1v) is 27.8. The van der Waals surface area contributed by atoms with E-state index in [1.165, 1.54) is 173 Å². The second-order valence-electron chi connectivity index (χ2n) is 18.5. The molecule has 0 unspecified atom stereocenters. The Morgan fingerprint density at radius 2 is 0.569 bits per heavy atom. The van der Waals surface area contributed by atoms with Crippen LogP contribution in [0.25, 0.3) is 0 Å². The number of hydrogen-bond donors (Lipinski definition) is 0. The standard InChI is InChI=1S/C59H104O6/c1-4-7-10-13-16-19-22-25-28-29-32-35-38-41-44-47-50-53-59(62)65-56(54-63-57(60)51-48-45-42-39-36-33-30-26-23-20-17-14-11-8-5-2)55-64-58(61)52-49-46-43-40-37-34-31-27-24-21-18-15-12-9-6-3/h20-21,23-25,28,32,35,41,44,56H,4-19,22,26-27,29-31,33-34,36-40,42-43,45-55H2,1-3H3/b23-20-,24-21-,28-25-,35-32-,44-41-. The van der Waals surface area contributed by atoms with Crippen molar-refractivity contribution in [3.8, 4) is 0 Å². The summed E-state index contributed by atoms with van der Waals surface area (Å²) < 4.78 is 16.8. The number of carbonyl (C=O) groups excluding carboxylic acids is 3. The number of hydrogen-bond acceptors (Lipinski definition) is 6. The zero-order chi connectivity index (χ0) is 47.2. The van der Waals surface area contributed by atoms with Gasteiger partial charge in [0.15, 0.2) is 6.10 Å². The van der Waals surface area contributed by atoms with E-state index in [-0.39, 0.29) is 37.5 Å². The summed E-state index contributed by atoms with van der Waals surface area (Å²) in [6, 6.07) is 0. The van der Waals surface area contributed by atoms with Crippen LogP contribution in [0.4, 0.5) is 0 Å². The van der Waals surface area contributed by atoms with Crippen molar-refractivity contribution in [2.24, 2.45) is 0 Å². The molecule has 376 valence electrons. The van der Waals surface area contributed by atoms with Crippen molar-refractivity contribution in [3.05, 3.63) is 60.8 Å². The van der Waals surface area contributed by atoms with Gasteiger partial charge in [0, 0.05) is 19.3 Å². The van der Waals surface area contributed by atoms with E-state index >= 15 is 0 Å². The Bertz CT molecular complexity index is 1130. The first-order valence-electron chi connectivity index (χ1n) is 27.8. The van der Waals surface area contributed by atoms with Gasteiger partial charge < -0.3 is 14.2 Å². The number of unbranched alkanes of at least 4 members (excludes halogenated alkanes) is 29. The molecular formula is C59H104O6. The molecule has 0 aromatic carbocycles. The molecule has 65 heavy (non-hydrogen) atoms. The first-order chi connectivity index (χ1) is 32.0. The van der Waals surface area contributed by atoms with Gasteiger partial charge in [-0.25, -0.2) is 0 Å². The predicted molar refractivity (Wildman–Crippen MR) is 279 cm³/mol. The fourth-order valence-corrected chi connectivity index (χ4v) is 7.74. The van der Waals surface area contributed by atoms with E-state index in [9.17, 15) is 14.4 Å². The van der Waals surface area contributed by atoms with Gasteiger partial charge in [-0.05, 0) is 103 Å². The molecule has 0 saturated heterocycles. The summed E-state index contributed by atoms with van der Waals surface area (Å²) in [5.74, 6) is -0.951. The maximum atomic E-state index is 12.8. The molecule has 0 saturated carbocycles. The van der Waals surface area contributed by atoms with E-state index in [4.69, 9.17) is 14.2 Å². The average molecular weight is 909 g/mol. The molecule has 0 aliphatic heterocycles. The van der Waals surface area contributed by atoms with Gasteiger partial charge in [-0.15, -0.1) is 0 Å². The van der Waals surface area contributed by atoms with Crippen LogP contribution in [0.1, 0.15) is 278 Å². The Hall–Kier alpha value is -2.89. The minimum atomic E-state index is -0.803. The zero-order valence-electron chi connectivity index (χ0n) is 43.0. The highest BCUT2D eigenvalue weighted by molar-refractivity contribution is 5.71. The Kier molecular flexibility index (Phi) is 51.3. The summed E-state index contributed by atoms with van der Waals surface area (Å²) in [7, 11) is 0. The lowest BCUT2D eigenvalue weighted by molar-refractivity contribution is -0.167. The van der Waals surface area contributed by atoms with Crippen molar-refractivity contribution >= 4 is 17.9 Å². The fraction of sp³-hybridized carbons (Fsp3) is 0.780. The van der Waals surface area contributed by atoms with Gasteiger partial charge in [0.25, 0.3) is 0 Å². The van der Waals surface area contributed by atoms with Crippen molar-refractivity contribution in [1.29, 1.82) is 0 Å². The highest BCUT2D eigenvalue weighted by atomic mass is 16.6. The molecule has 0 spiro atoms. The molecule has 0 bridgehead atoms. The zero-order valence-corrected chi connectivity index (χ0v) is 43.0. The molecule has 0 radical (unpaired) electrons. The molecule has 0 N–H and O–H groups in total. The largest absolute Gasteiger partial charge is 0.462 e. The lowest BCUT2D eigenvalue weighted by Gasteiger charge is -2.18. The molecule has 6 nitrogen and oxygen atoms in total. The third-order valence-corrected chi connectivity index (χ3v) is 12.0. The summed E-state index contributed by atoms with van der Waals surface area (Å²) in [6.45, 7) is 6.57. The number of carbonyl (C=O) groups is 3. The van der Waals surface area contributed by atoms with Crippen LogP contribution in [0.3, 0.4) is 0 Å². The van der Waals surface area contributed by atoms with Crippen LogP contribution in [0.2, 0.25) is 0 Å². The van der Waals surface area contributed by atoms with Gasteiger partial charge in [-0.1, -0.05) is 216 Å². The maximum absolute atomic E-state index is 12.8. The Labute approximate surface area is 402 Å². The molecule has 0 aliphatic carbocycles. The van der Waals surface area contributed by atoms with Crippen molar-refractivity contribution in [3.63, 3.8) is 0 Å². The van der Waals surface area contributed by atoms with Gasteiger partial charge in [0.1, 0.15) is 13.2 Å². The van der Waals surface area contributed by atoms with Crippen LogP contribution >= 0.6 is 0 Å². The number of ether oxygens (including phenoxy) is 3. The second kappa shape index (κ2) is 53.7. The highest BCUT2D eigenvalue weighted by Gasteiger charge is 2.19. The lowest BCUT2D eigenvalue weighted by atomic mass is 10.1. The average Bonchev–Trinajstić information content (AvgIpc) is 3.30. The Morgan fingerprint density at radius 1 is 0.308 bits per heavy atom. The summed E-state index contributed by atoms with van der Waals surface area (Å²) in [5, 5.41) is 0. The van der Waals surface area contributed by atoms with Gasteiger partial charge in [0.2, 0.25) is 0 Å². The van der Waals surface area contributed by atoms with Crippen molar-refractivity contribution < 1.29 is 28.6 Å². The third-order valence-electron chi connectivity index (χ3n) is 12.0. The summed E-state index contributed by atoms with van der Waals surface area (Å²) in [5.41, 5.74) is 0. The molecule has 0 aromatic heterocycles. The van der Waals surface area contributed by atoms with Crippen LogP contribution in [0.15, 0.2) is 60.8 Å². The summed E-state index contributed by atoms with van der Waals surface area (Å²) >= 11 is 0. The molecule has 0 atom stereocenters. The van der Waals surface area contributed by atoms with Crippen LogP contribution in [-0.4, -0.2) is 37.2 Å². The van der Waals surface area contributed by atoms with E-state index in [0.717, 1.165) is 57.8 Å². The molecule has 0 amide bonds. The molecular weight excluding hydrogens is 805 g/mol. The second-order valence-corrected chi connectivity index (χ2v) is 18.5. The van der Waals surface area contributed by atoms with E-state index in [1.807, 2.05) is 0 Å². The number of esters is 3. The number of allylic oxidation sites excluding steroid dienone is 10.